The number of fused-ring (bicyclic) bond motifs is 1. The molecule has 3 N–H and O–H groups in total. The first-order chi connectivity index (χ1) is 13.3. The van der Waals surface area contributed by atoms with Crippen LogP contribution in [-0.4, -0.2) is 31.2 Å². The van der Waals surface area contributed by atoms with Crippen molar-refractivity contribution >= 4 is 33.7 Å². The van der Waals surface area contributed by atoms with Gasteiger partial charge in [-0.05, 0) is 52.9 Å². The summed E-state index contributed by atoms with van der Waals surface area (Å²) in [5.74, 6) is 1.38. The number of para-hydroxylation sites is 2. The van der Waals surface area contributed by atoms with Crippen LogP contribution in [0.25, 0.3) is 16.1 Å². The van der Waals surface area contributed by atoms with E-state index in [0.29, 0.717) is 17.4 Å². The summed E-state index contributed by atoms with van der Waals surface area (Å²) < 4.78 is 0. The molecule has 1 aliphatic heterocycles. The van der Waals surface area contributed by atoms with E-state index >= 15 is 0 Å². The molecule has 0 atom stereocenters. The van der Waals surface area contributed by atoms with Gasteiger partial charge in [-0.25, -0.2) is 0 Å². The van der Waals surface area contributed by atoms with Crippen molar-refractivity contribution in [1.82, 2.24) is 10.3 Å². The van der Waals surface area contributed by atoms with E-state index in [2.05, 4.69) is 38.7 Å². The SMILES string of the molecule is Nc1ccccc1[N-]c1cc2ccc(N3CCNCC3)c(C3CC3)c2cn1.[K+]. The molecule has 2 heterocycles. The number of pyridine rings is 1. The van der Waals surface area contributed by atoms with Crippen molar-refractivity contribution in [2.45, 2.75) is 18.8 Å². The van der Waals surface area contributed by atoms with Crippen molar-refractivity contribution in [3.05, 3.63) is 59.5 Å². The third-order valence-corrected chi connectivity index (χ3v) is 5.52. The molecule has 3 aromatic rings. The molecule has 1 saturated carbocycles. The van der Waals surface area contributed by atoms with Gasteiger partial charge < -0.3 is 26.3 Å². The van der Waals surface area contributed by atoms with Crippen molar-refractivity contribution in [3.8, 4) is 0 Å². The molecule has 6 heteroatoms. The number of nitrogens with two attached hydrogens (primary N) is 1. The van der Waals surface area contributed by atoms with E-state index in [1.54, 1.807) is 0 Å². The van der Waals surface area contributed by atoms with Crippen LogP contribution in [0, 0.1) is 0 Å². The Morgan fingerprint density at radius 1 is 1.07 bits per heavy atom. The molecular formula is C22H24KN5. The van der Waals surface area contributed by atoms with Crippen molar-refractivity contribution < 1.29 is 51.4 Å². The Labute approximate surface area is 208 Å². The maximum absolute atomic E-state index is 6.02. The normalized spacial score (nSPS) is 16.6. The average Bonchev–Trinajstić information content (AvgIpc) is 3.54. The fourth-order valence-corrected chi connectivity index (χ4v) is 3.98. The van der Waals surface area contributed by atoms with E-state index in [0.717, 1.165) is 31.9 Å². The minimum absolute atomic E-state index is 0. The largest absolute Gasteiger partial charge is 1.00 e. The molecule has 0 bridgehead atoms. The van der Waals surface area contributed by atoms with Crippen LogP contribution in [0.2, 0.25) is 0 Å². The van der Waals surface area contributed by atoms with Crippen LogP contribution in [-0.2, 0) is 0 Å². The molecule has 0 radical (unpaired) electrons. The smallest absolute Gasteiger partial charge is 0.442 e. The van der Waals surface area contributed by atoms with Crippen LogP contribution in [0.3, 0.4) is 0 Å². The molecule has 0 unspecified atom stereocenters. The van der Waals surface area contributed by atoms with Gasteiger partial charge in [-0.3, -0.25) is 0 Å². The zero-order chi connectivity index (χ0) is 18.2. The van der Waals surface area contributed by atoms with Crippen LogP contribution < -0.4 is 67.3 Å². The van der Waals surface area contributed by atoms with E-state index in [-0.39, 0.29) is 51.4 Å². The third-order valence-electron chi connectivity index (χ3n) is 5.52. The summed E-state index contributed by atoms with van der Waals surface area (Å²) >= 11 is 0. The number of anilines is 2. The van der Waals surface area contributed by atoms with Gasteiger partial charge in [0.1, 0.15) is 0 Å². The zero-order valence-corrected chi connectivity index (χ0v) is 19.5. The van der Waals surface area contributed by atoms with E-state index < -0.39 is 0 Å². The standard InChI is InChI=1S/C22H24N5.K/c23-18-3-1-2-4-19(18)26-21-13-16-7-8-20(27-11-9-24-10-12-27)22(15-5-6-15)17(16)14-25-21;/h1-4,7-8,13-15,24H,5-6,9-12,23H2;/q-1;+1. The molecular weight excluding hydrogens is 373 g/mol. The average molecular weight is 398 g/mol. The zero-order valence-electron chi connectivity index (χ0n) is 16.4. The Bertz CT molecular complexity index is 980. The van der Waals surface area contributed by atoms with E-state index in [4.69, 9.17) is 5.73 Å². The van der Waals surface area contributed by atoms with Gasteiger partial charge in [0, 0.05) is 37.6 Å². The van der Waals surface area contributed by atoms with Gasteiger partial charge in [-0.1, -0.05) is 42.3 Å². The first kappa shape index (κ1) is 20.1. The summed E-state index contributed by atoms with van der Waals surface area (Å²) in [6.45, 7) is 4.24. The maximum atomic E-state index is 6.02. The number of nitrogens with one attached hydrogen (secondary N) is 1. The second kappa shape index (κ2) is 8.69. The molecule has 2 aliphatic rings. The topological polar surface area (TPSA) is 68.3 Å². The monoisotopic (exact) mass is 397 g/mol. The van der Waals surface area contributed by atoms with Crippen LogP contribution in [0.5, 0.6) is 0 Å². The molecule has 0 spiro atoms. The number of hydrogen-bond donors (Lipinski definition) is 2. The molecule has 138 valence electrons. The van der Waals surface area contributed by atoms with Crippen LogP contribution in [0.4, 0.5) is 22.9 Å². The number of nitrogens with zero attached hydrogens (tertiary/aromatic N) is 3. The van der Waals surface area contributed by atoms with Gasteiger partial charge >= 0.3 is 51.4 Å². The molecule has 5 rings (SSSR count). The number of rotatable bonds is 4. The fourth-order valence-electron chi connectivity index (χ4n) is 3.98. The first-order valence-corrected chi connectivity index (χ1v) is 9.74. The Kier molecular flexibility index (Phi) is 6.25. The van der Waals surface area contributed by atoms with E-state index in [9.17, 15) is 0 Å². The summed E-state index contributed by atoms with van der Waals surface area (Å²) in [5, 5.41) is 10.6. The Balaban J connectivity index is 0.00000192. The van der Waals surface area contributed by atoms with E-state index in [1.165, 1.54) is 34.9 Å². The minimum atomic E-state index is 0. The van der Waals surface area contributed by atoms with Gasteiger partial charge in [0.05, 0.1) is 0 Å². The van der Waals surface area contributed by atoms with Gasteiger partial charge in [-0.2, -0.15) is 0 Å². The van der Waals surface area contributed by atoms with Crippen LogP contribution in [0.1, 0.15) is 24.3 Å². The van der Waals surface area contributed by atoms with E-state index in [1.807, 2.05) is 30.5 Å². The summed E-state index contributed by atoms with van der Waals surface area (Å²) in [5.41, 5.74) is 10.3. The number of hydrogen-bond acceptors (Lipinski definition) is 4. The second-order valence-corrected chi connectivity index (χ2v) is 7.44. The fraction of sp³-hybridized carbons (Fsp3) is 0.318. The molecule has 1 saturated heterocycles. The Hall–Kier alpha value is -1.15. The molecule has 28 heavy (non-hydrogen) atoms. The minimum Gasteiger partial charge on any atom is -0.442 e. The Morgan fingerprint density at radius 3 is 2.61 bits per heavy atom. The summed E-state index contributed by atoms with van der Waals surface area (Å²) in [4.78, 5) is 7.17. The molecule has 0 amide bonds. The molecule has 1 aliphatic carbocycles. The first-order valence-electron chi connectivity index (χ1n) is 9.74. The van der Waals surface area contributed by atoms with Gasteiger partial charge in [0.2, 0.25) is 0 Å². The number of benzene rings is 2. The number of nitrogen functional groups attached to an aromatic ring is 1. The molecule has 2 aromatic carbocycles. The maximum Gasteiger partial charge on any atom is 1.00 e. The van der Waals surface area contributed by atoms with Crippen LogP contribution in [0.15, 0.2) is 48.7 Å². The van der Waals surface area contributed by atoms with Crippen molar-refractivity contribution in [3.63, 3.8) is 0 Å². The van der Waals surface area contributed by atoms with Crippen molar-refractivity contribution in [2.75, 3.05) is 36.8 Å². The molecule has 2 fully saturated rings. The quantitative estimate of drug-likeness (QED) is 0.516. The van der Waals surface area contributed by atoms with Crippen molar-refractivity contribution in [1.29, 1.82) is 0 Å². The third kappa shape index (κ3) is 4.08. The van der Waals surface area contributed by atoms with Gasteiger partial charge in [0.15, 0.2) is 0 Å². The number of piperazine rings is 1. The second-order valence-electron chi connectivity index (χ2n) is 7.44. The van der Waals surface area contributed by atoms with Gasteiger partial charge in [0.25, 0.3) is 0 Å². The molecule has 5 nitrogen and oxygen atoms in total. The predicted octanol–water partition coefficient (Wildman–Crippen LogP) is 1.44. The summed E-state index contributed by atoms with van der Waals surface area (Å²) in [6.07, 6.45) is 4.57. The van der Waals surface area contributed by atoms with Crippen LogP contribution >= 0.6 is 0 Å². The summed E-state index contributed by atoms with van der Waals surface area (Å²) in [7, 11) is 0. The predicted molar refractivity (Wildman–Crippen MR) is 112 cm³/mol. The molecule has 1 aromatic heterocycles. The Morgan fingerprint density at radius 2 is 1.86 bits per heavy atom. The number of aromatic nitrogens is 1. The van der Waals surface area contributed by atoms with Gasteiger partial charge in [-0.15, -0.1) is 0 Å². The van der Waals surface area contributed by atoms with Crippen molar-refractivity contribution in [2.24, 2.45) is 0 Å². The summed E-state index contributed by atoms with van der Waals surface area (Å²) in [6, 6.07) is 14.2.